The zero-order chi connectivity index (χ0) is 22.9. The summed E-state index contributed by atoms with van der Waals surface area (Å²) in [6.07, 6.45) is -8.70. The number of halogens is 9. The molecule has 0 aliphatic rings. The number of hydrogen-bond donors (Lipinski definition) is 0. The van der Waals surface area contributed by atoms with Crippen molar-refractivity contribution in [2.75, 3.05) is 0 Å². The molecule has 30 heavy (non-hydrogen) atoms. The lowest BCUT2D eigenvalue weighted by Gasteiger charge is -2.19. The molecule has 0 amide bonds. The molecule has 1 nitrogen and oxygen atoms in total. The van der Waals surface area contributed by atoms with Crippen LogP contribution in [0.25, 0.3) is 11.9 Å². The summed E-state index contributed by atoms with van der Waals surface area (Å²) in [5, 5.41) is 8.49. The van der Waals surface area contributed by atoms with E-state index in [1.807, 2.05) is 0 Å². The van der Waals surface area contributed by atoms with Gasteiger partial charge >= 0.3 is 12.4 Å². The van der Waals surface area contributed by atoms with Crippen molar-refractivity contribution in [3.63, 3.8) is 0 Å². The Morgan fingerprint density at radius 3 is 2.20 bits per heavy atom. The van der Waals surface area contributed by atoms with Crippen molar-refractivity contribution in [1.29, 1.82) is 5.26 Å². The summed E-state index contributed by atoms with van der Waals surface area (Å²) in [5.74, 6) is -4.09. The highest BCUT2D eigenvalue weighted by Crippen LogP contribution is 2.42. The Hall–Kier alpha value is -2.50. The first-order valence-electron chi connectivity index (χ1n) is 7.96. The molecule has 0 aliphatic carbocycles. The van der Waals surface area contributed by atoms with E-state index in [0.29, 0.717) is 6.07 Å². The lowest BCUT2D eigenvalue weighted by molar-refractivity contribution is -0.140. The van der Waals surface area contributed by atoms with E-state index >= 15 is 0 Å². The van der Waals surface area contributed by atoms with Crippen molar-refractivity contribution in [3.8, 4) is 6.07 Å². The van der Waals surface area contributed by atoms with Gasteiger partial charge in [0.15, 0.2) is 0 Å². The van der Waals surface area contributed by atoms with E-state index in [1.54, 1.807) is 0 Å². The molecule has 0 heterocycles. The Kier molecular flexibility index (Phi) is 6.90. The van der Waals surface area contributed by atoms with Gasteiger partial charge in [0.2, 0.25) is 0 Å². The molecule has 10 heteroatoms. The van der Waals surface area contributed by atoms with Crippen LogP contribution in [0.1, 0.15) is 33.7 Å². The van der Waals surface area contributed by atoms with Crippen LogP contribution in [-0.2, 0) is 6.18 Å². The van der Waals surface area contributed by atoms with Crippen molar-refractivity contribution in [1.82, 2.24) is 0 Å². The summed E-state index contributed by atoms with van der Waals surface area (Å²) < 4.78 is 94.6. The smallest absolute Gasteiger partial charge is 0.207 e. The minimum atomic E-state index is -4.99. The summed E-state index contributed by atoms with van der Waals surface area (Å²) in [7, 11) is 0. The normalized spacial score (nSPS) is 13.7. The second kappa shape index (κ2) is 8.70. The van der Waals surface area contributed by atoms with E-state index in [-0.39, 0.29) is 27.8 Å². The van der Waals surface area contributed by atoms with E-state index in [2.05, 4.69) is 6.58 Å². The maximum Gasteiger partial charge on any atom is 0.417 e. The molecule has 0 saturated heterocycles. The standard InChI is InChI=1S/C20H10Cl2F7N/c1-2-10-5-13(7-16(21)18(10)22)15(20(27,28)29)8-17(23)11-3-4-12(9-30)14(6-11)19(24,25)26/h2-8,15H,1H2. The molecule has 0 fully saturated rings. The third-order valence-electron chi connectivity index (χ3n) is 4.04. The van der Waals surface area contributed by atoms with E-state index in [4.69, 9.17) is 28.5 Å². The van der Waals surface area contributed by atoms with Gasteiger partial charge in [-0.25, -0.2) is 4.39 Å². The third-order valence-corrected chi connectivity index (χ3v) is 4.86. The van der Waals surface area contributed by atoms with Crippen LogP contribution >= 0.6 is 23.2 Å². The Morgan fingerprint density at radius 1 is 1.07 bits per heavy atom. The van der Waals surface area contributed by atoms with Gasteiger partial charge in [-0.1, -0.05) is 41.9 Å². The minimum absolute atomic E-state index is 0.0531. The zero-order valence-corrected chi connectivity index (χ0v) is 16.2. The molecule has 2 rings (SSSR count). The summed E-state index contributed by atoms with van der Waals surface area (Å²) >= 11 is 11.7. The van der Waals surface area contributed by atoms with E-state index in [9.17, 15) is 30.7 Å². The fourth-order valence-electron chi connectivity index (χ4n) is 2.61. The molecular formula is C20H10Cl2F7N. The van der Waals surface area contributed by atoms with Crippen LogP contribution in [0.2, 0.25) is 10.0 Å². The molecule has 0 N–H and O–H groups in total. The fraction of sp³-hybridized carbons (Fsp3) is 0.150. The molecular weight excluding hydrogens is 458 g/mol. The average Bonchev–Trinajstić information content (AvgIpc) is 2.65. The Bertz CT molecular complexity index is 1050. The number of rotatable bonds is 4. The highest BCUT2D eigenvalue weighted by atomic mass is 35.5. The molecule has 0 aliphatic heterocycles. The van der Waals surface area contributed by atoms with Gasteiger partial charge in [0.05, 0.1) is 27.2 Å². The van der Waals surface area contributed by atoms with Crippen molar-refractivity contribution in [2.45, 2.75) is 18.3 Å². The van der Waals surface area contributed by atoms with Crippen molar-refractivity contribution >= 4 is 35.1 Å². The number of alkyl halides is 6. The highest BCUT2D eigenvalue weighted by molar-refractivity contribution is 6.43. The quantitative estimate of drug-likeness (QED) is 0.415. The molecule has 0 spiro atoms. The summed E-state index contributed by atoms with van der Waals surface area (Å²) in [5.41, 5.74) is -3.42. The molecule has 1 atom stereocenters. The van der Waals surface area contributed by atoms with Crippen LogP contribution < -0.4 is 0 Å². The molecule has 0 saturated carbocycles. The molecule has 0 aromatic heterocycles. The van der Waals surface area contributed by atoms with Gasteiger partial charge in [-0.2, -0.15) is 31.6 Å². The first-order valence-corrected chi connectivity index (χ1v) is 8.72. The van der Waals surface area contributed by atoms with Crippen molar-refractivity contribution in [3.05, 3.63) is 80.8 Å². The number of hydrogen-bond acceptors (Lipinski definition) is 1. The van der Waals surface area contributed by atoms with E-state index in [1.165, 1.54) is 6.07 Å². The third kappa shape index (κ3) is 5.15. The van der Waals surface area contributed by atoms with Crippen LogP contribution in [0.4, 0.5) is 30.7 Å². The molecule has 0 bridgehead atoms. The second-order valence-corrected chi connectivity index (χ2v) is 6.80. The molecule has 158 valence electrons. The first-order chi connectivity index (χ1) is 13.8. The Balaban J connectivity index is 2.63. The van der Waals surface area contributed by atoms with Gasteiger partial charge in [0, 0.05) is 5.56 Å². The number of benzene rings is 2. The lowest BCUT2D eigenvalue weighted by Crippen LogP contribution is -2.19. The largest absolute Gasteiger partial charge is 0.417 e. The van der Waals surface area contributed by atoms with Gasteiger partial charge in [-0.05, 0) is 41.5 Å². The Morgan fingerprint density at radius 2 is 1.70 bits per heavy atom. The second-order valence-electron chi connectivity index (χ2n) is 6.01. The molecule has 2 aromatic rings. The summed E-state index contributed by atoms with van der Waals surface area (Å²) in [4.78, 5) is 0. The fourth-order valence-corrected chi connectivity index (χ4v) is 3.03. The highest BCUT2D eigenvalue weighted by Gasteiger charge is 2.40. The minimum Gasteiger partial charge on any atom is -0.207 e. The van der Waals surface area contributed by atoms with Gasteiger partial charge in [-0.3, -0.25) is 0 Å². The summed E-state index contributed by atoms with van der Waals surface area (Å²) in [6, 6.07) is 4.95. The molecule has 1 unspecified atom stereocenters. The van der Waals surface area contributed by atoms with Gasteiger partial charge in [0.25, 0.3) is 0 Å². The van der Waals surface area contributed by atoms with E-state index < -0.39 is 46.4 Å². The number of nitriles is 1. The monoisotopic (exact) mass is 467 g/mol. The van der Waals surface area contributed by atoms with Crippen molar-refractivity contribution < 1.29 is 30.7 Å². The first kappa shape index (κ1) is 23.8. The number of nitrogens with zero attached hydrogens (tertiary/aromatic N) is 1. The predicted octanol–water partition coefficient (Wildman–Crippen LogP) is 8.18. The predicted molar refractivity (Wildman–Crippen MR) is 101 cm³/mol. The zero-order valence-electron chi connectivity index (χ0n) is 14.7. The molecule has 0 radical (unpaired) electrons. The SMILES string of the molecule is C=Cc1cc(C(C=C(F)c2ccc(C#N)c(C(F)(F)F)c2)C(F)(F)F)cc(Cl)c1Cl. The summed E-state index contributed by atoms with van der Waals surface area (Å²) in [6.45, 7) is 3.41. The van der Waals surface area contributed by atoms with E-state index in [0.717, 1.165) is 24.3 Å². The Labute approximate surface area is 176 Å². The van der Waals surface area contributed by atoms with Crippen LogP contribution in [0, 0.1) is 11.3 Å². The van der Waals surface area contributed by atoms with Crippen LogP contribution in [0.15, 0.2) is 43.0 Å². The topological polar surface area (TPSA) is 23.8 Å². The van der Waals surface area contributed by atoms with Gasteiger partial charge in [0.1, 0.15) is 11.7 Å². The number of allylic oxidation sites excluding steroid dienone is 1. The lowest BCUT2D eigenvalue weighted by atomic mass is 9.94. The van der Waals surface area contributed by atoms with Crippen molar-refractivity contribution in [2.24, 2.45) is 0 Å². The average molecular weight is 468 g/mol. The maximum atomic E-state index is 14.6. The maximum absolute atomic E-state index is 14.6. The van der Waals surface area contributed by atoms with Gasteiger partial charge < -0.3 is 0 Å². The van der Waals surface area contributed by atoms with Gasteiger partial charge in [-0.15, -0.1) is 0 Å². The van der Waals surface area contributed by atoms with Crippen LogP contribution in [-0.4, -0.2) is 6.18 Å². The van der Waals surface area contributed by atoms with Crippen LogP contribution in [0.3, 0.4) is 0 Å². The molecule has 2 aromatic carbocycles. The van der Waals surface area contributed by atoms with Crippen LogP contribution in [0.5, 0.6) is 0 Å².